The van der Waals surface area contributed by atoms with E-state index in [4.69, 9.17) is 14.2 Å². The van der Waals surface area contributed by atoms with E-state index < -0.39 is 0 Å². The Morgan fingerprint density at radius 3 is 2.10 bits per heavy atom. The summed E-state index contributed by atoms with van der Waals surface area (Å²) in [6.45, 7) is 9.74. The van der Waals surface area contributed by atoms with Gasteiger partial charge in [0, 0.05) is 19.2 Å². The average Bonchev–Trinajstić information content (AvgIpc) is 3.02. The second-order valence-corrected chi connectivity index (χ2v) is 5.98. The number of unbranched alkanes of at least 4 members (excludes halogenated alkanes) is 1. The first-order chi connectivity index (χ1) is 10.3. The molecule has 0 unspecified atom stereocenters. The van der Waals surface area contributed by atoms with Crippen molar-refractivity contribution in [3.8, 4) is 0 Å². The molecule has 1 N–H and O–H groups in total. The minimum absolute atomic E-state index is 0.632. The topological polar surface area (TPSA) is 39.7 Å². The molecule has 4 heteroatoms. The van der Waals surface area contributed by atoms with Crippen molar-refractivity contribution >= 4 is 0 Å². The monoisotopic (exact) mass is 301 g/mol. The number of rotatable bonds is 14. The fraction of sp³-hybridized carbons (Fsp3) is 1.00. The van der Waals surface area contributed by atoms with Gasteiger partial charge >= 0.3 is 0 Å². The minimum atomic E-state index is 0.632. The van der Waals surface area contributed by atoms with Gasteiger partial charge in [-0.05, 0) is 32.1 Å². The molecule has 4 nitrogen and oxygen atoms in total. The van der Waals surface area contributed by atoms with Gasteiger partial charge in [0.15, 0.2) is 0 Å². The lowest BCUT2D eigenvalue weighted by Crippen LogP contribution is -2.34. The van der Waals surface area contributed by atoms with E-state index >= 15 is 0 Å². The maximum absolute atomic E-state index is 5.56. The Morgan fingerprint density at radius 1 is 0.905 bits per heavy atom. The first-order valence-corrected chi connectivity index (χ1v) is 8.81. The third-order valence-electron chi connectivity index (χ3n) is 4.21. The normalized spacial score (nSPS) is 17.4. The molecule has 0 aromatic rings. The van der Waals surface area contributed by atoms with Crippen LogP contribution in [0.15, 0.2) is 0 Å². The number of hydrogen-bond donors (Lipinski definition) is 1. The zero-order chi connectivity index (χ0) is 15.2. The first-order valence-electron chi connectivity index (χ1n) is 8.81. The minimum Gasteiger partial charge on any atom is -0.379 e. The highest BCUT2D eigenvalue weighted by atomic mass is 16.5. The van der Waals surface area contributed by atoms with Gasteiger partial charge in [0.1, 0.15) is 0 Å². The highest BCUT2D eigenvalue weighted by Gasteiger charge is 2.20. The van der Waals surface area contributed by atoms with Gasteiger partial charge in [-0.2, -0.15) is 0 Å². The van der Waals surface area contributed by atoms with Crippen LogP contribution in [0.3, 0.4) is 0 Å². The molecule has 0 aromatic carbocycles. The molecule has 1 aliphatic carbocycles. The molecule has 1 atom stereocenters. The van der Waals surface area contributed by atoms with Crippen molar-refractivity contribution in [1.29, 1.82) is 0 Å². The van der Waals surface area contributed by atoms with Gasteiger partial charge in [-0.25, -0.2) is 0 Å². The van der Waals surface area contributed by atoms with E-state index in [-0.39, 0.29) is 0 Å². The largest absolute Gasteiger partial charge is 0.379 e. The fourth-order valence-corrected chi connectivity index (χ4v) is 2.77. The van der Waals surface area contributed by atoms with E-state index in [1.165, 1.54) is 32.1 Å². The highest BCUT2D eigenvalue weighted by Crippen LogP contribution is 2.27. The summed E-state index contributed by atoms with van der Waals surface area (Å²) in [6.07, 6.45) is 7.92. The van der Waals surface area contributed by atoms with Crippen LogP contribution in [-0.2, 0) is 14.2 Å². The zero-order valence-electron chi connectivity index (χ0n) is 14.1. The van der Waals surface area contributed by atoms with Crippen molar-refractivity contribution in [2.75, 3.05) is 46.2 Å². The van der Waals surface area contributed by atoms with Crippen LogP contribution in [0.4, 0.5) is 0 Å². The van der Waals surface area contributed by atoms with Crippen molar-refractivity contribution in [3.63, 3.8) is 0 Å². The maximum Gasteiger partial charge on any atom is 0.0701 e. The summed E-state index contributed by atoms with van der Waals surface area (Å²) in [7, 11) is 0. The van der Waals surface area contributed by atoms with Gasteiger partial charge in [0.2, 0.25) is 0 Å². The van der Waals surface area contributed by atoms with E-state index in [0.717, 1.165) is 32.1 Å². The van der Waals surface area contributed by atoms with Crippen molar-refractivity contribution < 1.29 is 14.2 Å². The van der Waals surface area contributed by atoms with Gasteiger partial charge in [0.25, 0.3) is 0 Å². The quantitative estimate of drug-likeness (QED) is 0.501. The van der Waals surface area contributed by atoms with Crippen LogP contribution in [-0.4, -0.2) is 52.2 Å². The zero-order valence-corrected chi connectivity index (χ0v) is 14.1. The van der Waals surface area contributed by atoms with Crippen molar-refractivity contribution in [2.45, 2.75) is 58.4 Å². The van der Waals surface area contributed by atoms with Crippen LogP contribution in [0.1, 0.15) is 52.4 Å². The van der Waals surface area contributed by atoms with Crippen molar-refractivity contribution in [2.24, 2.45) is 5.92 Å². The summed E-state index contributed by atoms with van der Waals surface area (Å²) in [5.74, 6) is 0.876. The predicted molar refractivity (Wildman–Crippen MR) is 86.8 cm³/mol. The SMILES string of the molecule is CCCCOCCOCCOCCN[C@@H](C)C1CCCC1. The Hall–Kier alpha value is -0.160. The molecule has 21 heavy (non-hydrogen) atoms. The lowest BCUT2D eigenvalue weighted by Gasteiger charge is -2.20. The lowest BCUT2D eigenvalue weighted by molar-refractivity contribution is 0.0143. The van der Waals surface area contributed by atoms with E-state index in [2.05, 4.69) is 19.2 Å². The predicted octanol–water partition coefficient (Wildman–Crippen LogP) is 3.00. The number of ether oxygens (including phenoxy) is 3. The fourth-order valence-electron chi connectivity index (χ4n) is 2.77. The molecule has 0 spiro atoms. The maximum atomic E-state index is 5.56. The van der Waals surface area contributed by atoms with E-state index in [1.807, 2.05) is 0 Å². The summed E-state index contributed by atoms with van der Waals surface area (Å²) >= 11 is 0. The molecule has 0 amide bonds. The molecule has 1 saturated carbocycles. The second-order valence-electron chi connectivity index (χ2n) is 5.98. The van der Waals surface area contributed by atoms with Gasteiger partial charge in [-0.3, -0.25) is 0 Å². The Kier molecular flexibility index (Phi) is 12.1. The van der Waals surface area contributed by atoms with E-state index in [1.54, 1.807) is 0 Å². The van der Waals surface area contributed by atoms with Crippen LogP contribution in [0.2, 0.25) is 0 Å². The Labute approximate surface area is 130 Å². The van der Waals surface area contributed by atoms with Crippen molar-refractivity contribution in [1.82, 2.24) is 5.32 Å². The molecule has 126 valence electrons. The highest BCUT2D eigenvalue weighted by molar-refractivity contribution is 4.76. The molecule has 0 aromatic heterocycles. The van der Waals surface area contributed by atoms with Crippen LogP contribution in [0.25, 0.3) is 0 Å². The Morgan fingerprint density at radius 2 is 1.48 bits per heavy atom. The van der Waals surface area contributed by atoms with E-state index in [9.17, 15) is 0 Å². The van der Waals surface area contributed by atoms with Crippen LogP contribution in [0.5, 0.6) is 0 Å². The molecule has 0 saturated heterocycles. The summed E-state index contributed by atoms with van der Waals surface area (Å²) < 4.78 is 16.4. The van der Waals surface area contributed by atoms with Gasteiger partial charge < -0.3 is 19.5 Å². The molecule has 1 aliphatic rings. The van der Waals surface area contributed by atoms with Gasteiger partial charge in [-0.1, -0.05) is 26.2 Å². The molecule has 0 radical (unpaired) electrons. The summed E-state index contributed by atoms with van der Waals surface area (Å²) in [6, 6.07) is 0.632. The second kappa shape index (κ2) is 13.5. The molecular weight excluding hydrogens is 266 g/mol. The molecular formula is C17H35NO3. The summed E-state index contributed by atoms with van der Waals surface area (Å²) in [5, 5.41) is 3.57. The molecule has 0 heterocycles. The van der Waals surface area contributed by atoms with E-state index in [0.29, 0.717) is 32.5 Å². The average molecular weight is 301 g/mol. The van der Waals surface area contributed by atoms with Gasteiger partial charge in [0.05, 0.1) is 33.0 Å². The standard InChI is InChI=1S/C17H35NO3/c1-3-4-10-19-12-14-21-15-13-20-11-9-18-16(2)17-7-5-6-8-17/h16-18H,3-15H2,1-2H3/t16-/m0/s1. The number of nitrogens with one attached hydrogen (secondary N) is 1. The third kappa shape index (κ3) is 10.2. The molecule has 1 rings (SSSR count). The van der Waals surface area contributed by atoms with Crippen LogP contribution < -0.4 is 5.32 Å². The summed E-state index contributed by atoms with van der Waals surface area (Å²) in [5.41, 5.74) is 0. The van der Waals surface area contributed by atoms with Gasteiger partial charge in [-0.15, -0.1) is 0 Å². The Bertz CT molecular complexity index is 220. The first kappa shape index (κ1) is 18.9. The number of hydrogen-bond acceptors (Lipinski definition) is 4. The molecule has 0 bridgehead atoms. The Balaban J connectivity index is 1.74. The van der Waals surface area contributed by atoms with Crippen LogP contribution >= 0.6 is 0 Å². The lowest BCUT2D eigenvalue weighted by atomic mass is 10.00. The van der Waals surface area contributed by atoms with Crippen molar-refractivity contribution in [3.05, 3.63) is 0 Å². The summed E-state index contributed by atoms with van der Waals surface area (Å²) in [4.78, 5) is 0. The smallest absolute Gasteiger partial charge is 0.0701 e. The van der Waals surface area contributed by atoms with Crippen LogP contribution in [0, 0.1) is 5.92 Å². The molecule has 0 aliphatic heterocycles. The molecule has 1 fully saturated rings. The third-order valence-corrected chi connectivity index (χ3v) is 4.21.